The van der Waals surface area contributed by atoms with Gasteiger partial charge in [0.25, 0.3) is 0 Å². The lowest BCUT2D eigenvalue weighted by atomic mass is 10.0. The van der Waals surface area contributed by atoms with E-state index >= 15 is 0 Å². The summed E-state index contributed by atoms with van der Waals surface area (Å²) in [5.74, 6) is 1.68. The van der Waals surface area contributed by atoms with Gasteiger partial charge in [0.05, 0.1) is 36.0 Å². The van der Waals surface area contributed by atoms with Crippen molar-refractivity contribution in [3.8, 4) is 10.7 Å². The molecule has 2 aliphatic heterocycles. The number of thiazole rings is 1. The minimum atomic E-state index is -0.260. The molecule has 1 unspecified atom stereocenters. The molecule has 0 radical (unpaired) electrons. The lowest BCUT2D eigenvalue weighted by molar-refractivity contribution is 0.0983. The SMILES string of the molecule is CCNC(=O)Nc1ncc(-c2nc3c(c(N4CCOCC4C)n2)CCN(C)C3)s1. The maximum Gasteiger partial charge on any atom is 0.321 e. The molecule has 1 atom stereocenters. The molecule has 10 heteroatoms. The highest BCUT2D eigenvalue weighted by atomic mass is 32.1. The van der Waals surface area contributed by atoms with Gasteiger partial charge in [-0.3, -0.25) is 5.32 Å². The first-order valence-corrected chi connectivity index (χ1v) is 10.8. The van der Waals surface area contributed by atoms with Crippen LogP contribution in [0.25, 0.3) is 10.7 Å². The molecule has 2 N–H and O–H groups in total. The Hall–Kier alpha value is -2.30. The van der Waals surface area contributed by atoms with Gasteiger partial charge in [-0.05, 0) is 27.3 Å². The number of nitrogens with one attached hydrogen (secondary N) is 2. The Morgan fingerprint density at radius 2 is 2.24 bits per heavy atom. The van der Waals surface area contributed by atoms with E-state index in [0.717, 1.165) is 42.4 Å². The number of likely N-dealkylation sites (N-methyl/N-ethyl adjacent to an activating group) is 1. The van der Waals surface area contributed by atoms with Crippen molar-refractivity contribution in [1.82, 2.24) is 25.2 Å². The van der Waals surface area contributed by atoms with Crippen LogP contribution >= 0.6 is 11.3 Å². The largest absolute Gasteiger partial charge is 0.377 e. The molecule has 0 spiro atoms. The van der Waals surface area contributed by atoms with E-state index in [-0.39, 0.29) is 12.1 Å². The number of aromatic nitrogens is 3. The van der Waals surface area contributed by atoms with Gasteiger partial charge in [-0.25, -0.2) is 19.7 Å². The van der Waals surface area contributed by atoms with Crippen molar-refractivity contribution in [2.45, 2.75) is 32.9 Å². The lowest BCUT2D eigenvalue weighted by Gasteiger charge is -2.37. The first kappa shape index (κ1) is 20.0. The molecule has 2 aromatic heterocycles. The smallest absolute Gasteiger partial charge is 0.321 e. The summed E-state index contributed by atoms with van der Waals surface area (Å²) in [5.41, 5.74) is 2.31. The van der Waals surface area contributed by atoms with E-state index in [2.05, 4.69) is 39.4 Å². The standard InChI is InChI=1S/C19H27N7O2S/c1-4-20-18(27)24-19-21-9-15(29-19)16-22-14-10-25(3)6-5-13(14)17(23-16)26-7-8-28-11-12(26)2/h9,12H,4-8,10-11H2,1-3H3,(H2,20,21,24,27). The number of nitrogens with zero attached hydrogens (tertiary/aromatic N) is 5. The predicted octanol–water partition coefficient (Wildman–Crippen LogP) is 1.95. The molecule has 0 aromatic carbocycles. The van der Waals surface area contributed by atoms with Gasteiger partial charge in [0.1, 0.15) is 5.82 Å². The van der Waals surface area contributed by atoms with Gasteiger partial charge < -0.3 is 19.9 Å². The van der Waals surface area contributed by atoms with Crippen LogP contribution in [0, 0.1) is 0 Å². The predicted molar refractivity (Wildman–Crippen MR) is 114 cm³/mol. The highest BCUT2D eigenvalue weighted by Crippen LogP contribution is 2.33. The van der Waals surface area contributed by atoms with Crippen molar-refractivity contribution in [3.05, 3.63) is 17.5 Å². The molecule has 2 aliphatic rings. The number of hydrogen-bond acceptors (Lipinski definition) is 8. The molecular formula is C19H27N7O2S. The summed E-state index contributed by atoms with van der Waals surface area (Å²) in [4.78, 5) is 31.4. The van der Waals surface area contributed by atoms with Crippen molar-refractivity contribution in [3.63, 3.8) is 0 Å². The Bertz CT molecular complexity index is 887. The van der Waals surface area contributed by atoms with E-state index < -0.39 is 0 Å². The van der Waals surface area contributed by atoms with Gasteiger partial charge in [0, 0.05) is 31.7 Å². The first-order chi connectivity index (χ1) is 14.0. The molecule has 156 valence electrons. The highest BCUT2D eigenvalue weighted by Gasteiger charge is 2.28. The fourth-order valence-corrected chi connectivity index (χ4v) is 4.41. The summed E-state index contributed by atoms with van der Waals surface area (Å²) >= 11 is 1.38. The number of anilines is 2. The number of urea groups is 1. The van der Waals surface area contributed by atoms with E-state index in [0.29, 0.717) is 30.7 Å². The second-order valence-electron chi connectivity index (χ2n) is 7.42. The van der Waals surface area contributed by atoms with E-state index in [4.69, 9.17) is 14.7 Å². The Morgan fingerprint density at radius 1 is 1.38 bits per heavy atom. The van der Waals surface area contributed by atoms with Crippen LogP contribution in [0.5, 0.6) is 0 Å². The third-order valence-corrected chi connectivity index (χ3v) is 6.07. The molecule has 4 heterocycles. The number of carbonyl (C=O) groups excluding carboxylic acids is 1. The quantitative estimate of drug-likeness (QED) is 0.785. The second kappa shape index (κ2) is 8.60. The summed E-state index contributed by atoms with van der Waals surface area (Å²) in [6, 6.07) is 0.0101. The number of fused-ring (bicyclic) bond motifs is 1. The molecule has 0 saturated carbocycles. The Kier molecular flexibility index (Phi) is 5.93. The highest BCUT2D eigenvalue weighted by molar-refractivity contribution is 7.19. The van der Waals surface area contributed by atoms with Gasteiger partial charge >= 0.3 is 6.03 Å². The summed E-state index contributed by atoms with van der Waals surface area (Å²) < 4.78 is 5.62. The van der Waals surface area contributed by atoms with Crippen LogP contribution in [0.1, 0.15) is 25.1 Å². The van der Waals surface area contributed by atoms with Crippen molar-refractivity contribution in [2.75, 3.05) is 50.1 Å². The van der Waals surface area contributed by atoms with E-state index in [1.165, 1.54) is 16.9 Å². The average molecular weight is 418 g/mol. The number of amides is 2. The number of rotatable bonds is 4. The van der Waals surface area contributed by atoms with Gasteiger partial charge in [0.2, 0.25) is 0 Å². The zero-order valence-corrected chi connectivity index (χ0v) is 17.9. The molecule has 0 bridgehead atoms. The van der Waals surface area contributed by atoms with E-state index in [1.807, 2.05) is 6.92 Å². The Balaban J connectivity index is 1.69. The van der Waals surface area contributed by atoms with Gasteiger partial charge in [-0.2, -0.15) is 0 Å². The average Bonchev–Trinajstić information content (AvgIpc) is 3.16. The van der Waals surface area contributed by atoms with Crippen LogP contribution in [-0.2, 0) is 17.7 Å². The molecule has 29 heavy (non-hydrogen) atoms. The topological polar surface area (TPSA) is 95.5 Å². The Morgan fingerprint density at radius 3 is 3.03 bits per heavy atom. The molecule has 0 aliphatic carbocycles. The van der Waals surface area contributed by atoms with Crippen molar-refractivity contribution >= 4 is 28.3 Å². The van der Waals surface area contributed by atoms with Crippen LogP contribution in [0.3, 0.4) is 0 Å². The normalized spacial score (nSPS) is 19.7. The summed E-state index contributed by atoms with van der Waals surface area (Å²) in [6.07, 6.45) is 2.67. The van der Waals surface area contributed by atoms with Crippen molar-refractivity contribution in [2.24, 2.45) is 0 Å². The molecule has 1 fully saturated rings. The maximum atomic E-state index is 11.8. The van der Waals surface area contributed by atoms with Gasteiger partial charge in [-0.1, -0.05) is 11.3 Å². The number of carbonyl (C=O) groups is 1. The molecule has 2 amide bonds. The number of ether oxygens (including phenoxy) is 1. The molecule has 2 aromatic rings. The fraction of sp³-hybridized carbons (Fsp3) is 0.579. The molecular weight excluding hydrogens is 390 g/mol. The fourth-order valence-electron chi connectivity index (χ4n) is 3.67. The number of hydrogen-bond donors (Lipinski definition) is 2. The third kappa shape index (κ3) is 4.34. The number of morpholine rings is 1. The van der Waals surface area contributed by atoms with Crippen LogP contribution in [0.2, 0.25) is 0 Å². The van der Waals surface area contributed by atoms with Crippen LogP contribution in [0.15, 0.2) is 6.20 Å². The van der Waals surface area contributed by atoms with Crippen LogP contribution in [-0.4, -0.2) is 71.8 Å². The monoisotopic (exact) mass is 417 g/mol. The lowest BCUT2D eigenvalue weighted by Crippen LogP contribution is -2.45. The summed E-state index contributed by atoms with van der Waals surface area (Å²) in [7, 11) is 2.11. The first-order valence-electron chi connectivity index (χ1n) is 9.99. The minimum Gasteiger partial charge on any atom is -0.377 e. The molecule has 9 nitrogen and oxygen atoms in total. The summed E-state index contributed by atoms with van der Waals surface area (Å²) in [5, 5.41) is 5.99. The van der Waals surface area contributed by atoms with Crippen molar-refractivity contribution < 1.29 is 9.53 Å². The van der Waals surface area contributed by atoms with Gasteiger partial charge in [0.15, 0.2) is 11.0 Å². The maximum absolute atomic E-state index is 11.8. The molecule has 4 rings (SSSR count). The minimum absolute atomic E-state index is 0.260. The molecule has 1 saturated heterocycles. The van der Waals surface area contributed by atoms with E-state index in [9.17, 15) is 4.79 Å². The van der Waals surface area contributed by atoms with Crippen LogP contribution in [0.4, 0.5) is 15.7 Å². The third-order valence-electron chi connectivity index (χ3n) is 5.16. The Labute approximate surface area is 174 Å². The van der Waals surface area contributed by atoms with Gasteiger partial charge in [-0.15, -0.1) is 0 Å². The van der Waals surface area contributed by atoms with Crippen molar-refractivity contribution in [1.29, 1.82) is 0 Å². The van der Waals surface area contributed by atoms with Crippen LogP contribution < -0.4 is 15.5 Å². The second-order valence-corrected chi connectivity index (χ2v) is 8.45. The zero-order valence-electron chi connectivity index (χ0n) is 17.1. The van der Waals surface area contributed by atoms with E-state index in [1.54, 1.807) is 6.20 Å². The summed E-state index contributed by atoms with van der Waals surface area (Å²) in [6.45, 7) is 8.65. The zero-order chi connectivity index (χ0) is 20.4.